The third-order valence-corrected chi connectivity index (χ3v) is 3.34. The maximum absolute atomic E-state index is 12.8. The largest absolute Gasteiger partial charge is 0.388 e. The zero-order chi connectivity index (χ0) is 13.2. The van der Waals surface area contributed by atoms with Gasteiger partial charge in [0, 0.05) is 23.5 Å². The van der Waals surface area contributed by atoms with Gasteiger partial charge in [-0.25, -0.2) is 4.39 Å². The maximum Gasteiger partial charge on any atom is 0.123 e. The summed E-state index contributed by atoms with van der Waals surface area (Å²) >= 11 is 0. The summed E-state index contributed by atoms with van der Waals surface area (Å²) in [6.07, 6.45) is 1.80. The average Bonchev–Trinajstić information content (AvgIpc) is 2.83. The fourth-order valence-corrected chi connectivity index (χ4v) is 2.31. The highest BCUT2D eigenvalue weighted by Crippen LogP contribution is 2.24. The van der Waals surface area contributed by atoms with Gasteiger partial charge in [0.05, 0.1) is 6.10 Å². The minimum absolute atomic E-state index is 0.289. The molecular weight excluding hydrogens is 241 g/mol. The average molecular weight is 255 g/mol. The molecule has 0 fully saturated rings. The summed E-state index contributed by atoms with van der Waals surface area (Å²) in [4.78, 5) is 3.18. The molecule has 0 bridgehead atoms. The summed E-state index contributed by atoms with van der Waals surface area (Å²) in [7, 11) is 0. The van der Waals surface area contributed by atoms with Crippen molar-refractivity contribution in [1.29, 1.82) is 0 Å². The first-order chi connectivity index (χ1) is 9.24. The molecule has 3 rings (SSSR count). The molecule has 2 nitrogen and oxygen atoms in total. The topological polar surface area (TPSA) is 36.0 Å². The van der Waals surface area contributed by atoms with Gasteiger partial charge >= 0.3 is 0 Å². The van der Waals surface area contributed by atoms with E-state index < -0.39 is 6.10 Å². The number of aliphatic hydroxyl groups excluding tert-OH is 1. The molecule has 0 saturated heterocycles. The van der Waals surface area contributed by atoms with Crippen LogP contribution in [0.1, 0.15) is 17.2 Å². The van der Waals surface area contributed by atoms with Gasteiger partial charge in [-0.2, -0.15) is 0 Å². The zero-order valence-corrected chi connectivity index (χ0v) is 10.3. The van der Waals surface area contributed by atoms with Crippen LogP contribution < -0.4 is 0 Å². The lowest BCUT2D eigenvalue weighted by Gasteiger charge is -2.10. The molecule has 0 amide bonds. The van der Waals surface area contributed by atoms with Crippen LogP contribution in [0.25, 0.3) is 10.9 Å². The number of para-hydroxylation sites is 1. The molecule has 2 N–H and O–H groups in total. The second-order valence-electron chi connectivity index (χ2n) is 4.63. The summed E-state index contributed by atoms with van der Waals surface area (Å²) in [6, 6.07) is 14.0. The van der Waals surface area contributed by atoms with Crippen molar-refractivity contribution in [3.8, 4) is 0 Å². The highest BCUT2D eigenvalue weighted by atomic mass is 19.1. The lowest BCUT2D eigenvalue weighted by molar-refractivity contribution is 0.179. The lowest BCUT2D eigenvalue weighted by atomic mass is 10.0. The monoisotopic (exact) mass is 255 g/mol. The van der Waals surface area contributed by atoms with Crippen LogP contribution in [-0.2, 0) is 6.42 Å². The molecule has 0 radical (unpaired) electrons. The van der Waals surface area contributed by atoms with Crippen molar-refractivity contribution in [2.75, 3.05) is 0 Å². The molecule has 3 heteroatoms. The van der Waals surface area contributed by atoms with Gasteiger partial charge < -0.3 is 10.1 Å². The van der Waals surface area contributed by atoms with Crippen molar-refractivity contribution in [3.63, 3.8) is 0 Å². The molecule has 96 valence electrons. The SMILES string of the molecule is OC(Cc1c[nH]c2ccccc12)c1ccc(F)cc1. The van der Waals surface area contributed by atoms with E-state index in [0.717, 1.165) is 22.0 Å². The van der Waals surface area contributed by atoms with Gasteiger partial charge in [-0.3, -0.25) is 0 Å². The molecular formula is C16H14FNO. The molecule has 0 aliphatic heterocycles. The van der Waals surface area contributed by atoms with Crippen molar-refractivity contribution in [2.45, 2.75) is 12.5 Å². The first kappa shape index (κ1) is 11.9. The van der Waals surface area contributed by atoms with Crippen LogP contribution in [0.2, 0.25) is 0 Å². The predicted octanol–water partition coefficient (Wildman–Crippen LogP) is 3.58. The van der Waals surface area contributed by atoms with Gasteiger partial charge in [0.15, 0.2) is 0 Å². The fraction of sp³-hybridized carbons (Fsp3) is 0.125. The van der Waals surface area contributed by atoms with Gasteiger partial charge in [-0.05, 0) is 29.3 Å². The number of aromatic amines is 1. The number of halogens is 1. The standard InChI is InChI=1S/C16H14FNO/c17-13-7-5-11(6-8-13)16(19)9-12-10-18-15-4-2-1-3-14(12)15/h1-8,10,16,18-19H,9H2. The summed E-state index contributed by atoms with van der Waals surface area (Å²) < 4.78 is 12.8. The minimum atomic E-state index is -0.625. The molecule has 1 heterocycles. The molecule has 0 saturated carbocycles. The Balaban J connectivity index is 1.86. The third-order valence-electron chi connectivity index (χ3n) is 3.34. The Hall–Kier alpha value is -2.13. The Morgan fingerprint density at radius 3 is 2.58 bits per heavy atom. The fourth-order valence-electron chi connectivity index (χ4n) is 2.31. The number of aromatic nitrogens is 1. The number of hydrogen-bond acceptors (Lipinski definition) is 1. The first-order valence-electron chi connectivity index (χ1n) is 6.22. The summed E-state index contributed by atoms with van der Waals surface area (Å²) in [6.45, 7) is 0. The van der Waals surface area contributed by atoms with Crippen molar-refractivity contribution in [2.24, 2.45) is 0 Å². The van der Waals surface area contributed by atoms with Crippen molar-refractivity contribution in [3.05, 3.63) is 71.7 Å². The Kier molecular flexibility index (Phi) is 3.05. The molecule has 3 aromatic rings. The molecule has 0 aliphatic rings. The van der Waals surface area contributed by atoms with Crippen molar-refractivity contribution < 1.29 is 9.50 Å². The Morgan fingerprint density at radius 1 is 1.05 bits per heavy atom. The van der Waals surface area contributed by atoms with Crippen LogP contribution in [0.4, 0.5) is 4.39 Å². The van der Waals surface area contributed by atoms with Crippen LogP contribution in [0.15, 0.2) is 54.7 Å². The van der Waals surface area contributed by atoms with Crippen LogP contribution in [0, 0.1) is 5.82 Å². The number of hydrogen-bond donors (Lipinski definition) is 2. The smallest absolute Gasteiger partial charge is 0.123 e. The molecule has 1 unspecified atom stereocenters. The predicted molar refractivity (Wildman–Crippen MR) is 73.4 cm³/mol. The van der Waals surface area contributed by atoms with E-state index in [1.54, 1.807) is 12.1 Å². The van der Waals surface area contributed by atoms with Crippen LogP contribution >= 0.6 is 0 Å². The van der Waals surface area contributed by atoms with Gasteiger partial charge in [0.1, 0.15) is 5.82 Å². The Morgan fingerprint density at radius 2 is 1.79 bits per heavy atom. The first-order valence-corrected chi connectivity index (χ1v) is 6.22. The van der Waals surface area contributed by atoms with E-state index in [9.17, 15) is 9.50 Å². The lowest BCUT2D eigenvalue weighted by Crippen LogP contribution is -2.01. The number of fused-ring (bicyclic) bond motifs is 1. The van der Waals surface area contributed by atoms with Crippen LogP contribution in [-0.4, -0.2) is 10.1 Å². The van der Waals surface area contributed by atoms with E-state index in [2.05, 4.69) is 4.98 Å². The van der Waals surface area contributed by atoms with E-state index in [1.807, 2.05) is 30.5 Å². The quantitative estimate of drug-likeness (QED) is 0.737. The van der Waals surface area contributed by atoms with Crippen molar-refractivity contribution in [1.82, 2.24) is 4.98 Å². The minimum Gasteiger partial charge on any atom is -0.388 e. The number of nitrogens with one attached hydrogen (secondary N) is 1. The van der Waals surface area contributed by atoms with E-state index in [0.29, 0.717) is 6.42 Å². The zero-order valence-electron chi connectivity index (χ0n) is 10.3. The van der Waals surface area contributed by atoms with Crippen LogP contribution in [0.5, 0.6) is 0 Å². The highest BCUT2D eigenvalue weighted by Gasteiger charge is 2.11. The molecule has 2 aromatic carbocycles. The second-order valence-corrected chi connectivity index (χ2v) is 4.63. The number of benzene rings is 2. The normalized spacial score (nSPS) is 12.7. The van der Waals surface area contributed by atoms with Gasteiger partial charge in [0.2, 0.25) is 0 Å². The highest BCUT2D eigenvalue weighted by molar-refractivity contribution is 5.83. The number of aliphatic hydroxyl groups is 1. The molecule has 0 aliphatic carbocycles. The van der Waals surface area contributed by atoms with Crippen molar-refractivity contribution >= 4 is 10.9 Å². The molecule has 1 aromatic heterocycles. The van der Waals surface area contributed by atoms with Gasteiger partial charge in [-0.15, -0.1) is 0 Å². The third kappa shape index (κ3) is 2.37. The van der Waals surface area contributed by atoms with E-state index in [1.165, 1.54) is 12.1 Å². The van der Waals surface area contributed by atoms with E-state index in [-0.39, 0.29) is 5.82 Å². The van der Waals surface area contributed by atoms with Gasteiger partial charge in [-0.1, -0.05) is 30.3 Å². The van der Waals surface area contributed by atoms with Gasteiger partial charge in [0.25, 0.3) is 0 Å². The Bertz CT molecular complexity index is 687. The molecule has 1 atom stereocenters. The summed E-state index contributed by atoms with van der Waals surface area (Å²) in [5, 5.41) is 11.3. The summed E-state index contributed by atoms with van der Waals surface area (Å²) in [5.41, 5.74) is 2.85. The maximum atomic E-state index is 12.8. The van der Waals surface area contributed by atoms with E-state index >= 15 is 0 Å². The Labute approximate surface area is 110 Å². The number of rotatable bonds is 3. The molecule has 0 spiro atoms. The van der Waals surface area contributed by atoms with Crippen LogP contribution in [0.3, 0.4) is 0 Å². The second kappa shape index (κ2) is 4.86. The summed E-state index contributed by atoms with van der Waals surface area (Å²) in [5.74, 6) is -0.289. The molecule has 19 heavy (non-hydrogen) atoms. The van der Waals surface area contributed by atoms with E-state index in [4.69, 9.17) is 0 Å². The number of H-pyrrole nitrogens is 1.